The highest BCUT2D eigenvalue weighted by atomic mass is 15.6. The van der Waals surface area contributed by atoms with Crippen LogP contribution in [-0.4, -0.2) is 33.3 Å². The first-order chi connectivity index (χ1) is 9.22. The number of hydrogen-bond acceptors (Lipinski definition) is 4. The van der Waals surface area contributed by atoms with Crippen LogP contribution in [0.15, 0.2) is 18.2 Å². The fourth-order valence-corrected chi connectivity index (χ4v) is 2.48. The Balaban J connectivity index is 1.77. The first-order valence-corrected chi connectivity index (χ1v) is 6.77. The van der Waals surface area contributed by atoms with E-state index < -0.39 is 0 Å². The van der Waals surface area contributed by atoms with Gasteiger partial charge in [0.1, 0.15) is 0 Å². The molecule has 0 saturated carbocycles. The molecule has 0 bridgehead atoms. The SMILES string of the molecule is Cc1ccc(C)c(Cn2nnc(C3CCNC3)n2)c1. The van der Waals surface area contributed by atoms with E-state index in [1.54, 1.807) is 4.80 Å². The molecule has 1 aromatic heterocycles. The van der Waals surface area contributed by atoms with Crippen molar-refractivity contribution in [3.63, 3.8) is 0 Å². The number of rotatable bonds is 3. The fourth-order valence-electron chi connectivity index (χ4n) is 2.48. The molecule has 5 nitrogen and oxygen atoms in total. The maximum Gasteiger partial charge on any atom is 0.179 e. The van der Waals surface area contributed by atoms with Crippen LogP contribution < -0.4 is 5.32 Å². The zero-order valence-electron chi connectivity index (χ0n) is 11.4. The molecular formula is C14H19N5. The molecule has 1 aliphatic heterocycles. The summed E-state index contributed by atoms with van der Waals surface area (Å²) in [6.45, 7) is 6.94. The number of aryl methyl sites for hydroxylation is 2. The van der Waals surface area contributed by atoms with E-state index in [-0.39, 0.29) is 0 Å². The van der Waals surface area contributed by atoms with Gasteiger partial charge in [-0.2, -0.15) is 4.80 Å². The zero-order valence-corrected chi connectivity index (χ0v) is 11.4. The van der Waals surface area contributed by atoms with E-state index in [1.807, 2.05) is 0 Å². The van der Waals surface area contributed by atoms with E-state index in [0.717, 1.165) is 25.3 Å². The minimum absolute atomic E-state index is 0.423. The molecule has 1 aliphatic rings. The molecule has 0 radical (unpaired) electrons. The van der Waals surface area contributed by atoms with Crippen molar-refractivity contribution in [1.29, 1.82) is 0 Å². The first-order valence-electron chi connectivity index (χ1n) is 6.77. The van der Waals surface area contributed by atoms with Crippen molar-refractivity contribution in [3.8, 4) is 0 Å². The molecule has 1 unspecified atom stereocenters. The van der Waals surface area contributed by atoms with Crippen LogP contribution in [0.2, 0.25) is 0 Å². The molecule has 1 fully saturated rings. The van der Waals surface area contributed by atoms with Crippen LogP contribution in [0, 0.1) is 13.8 Å². The second kappa shape index (κ2) is 5.09. The Labute approximate surface area is 113 Å². The van der Waals surface area contributed by atoms with Crippen molar-refractivity contribution in [2.75, 3.05) is 13.1 Å². The molecular weight excluding hydrogens is 238 g/mol. The van der Waals surface area contributed by atoms with Crippen LogP contribution in [0.3, 0.4) is 0 Å². The smallest absolute Gasteiger partial charge is 0.179 e. The fraction of sp³-hybridized carbons (Fsp3) is 0.500. The van der Waals surface area contributed by atoms with Gasteiger partial charge in [-0.05, 0) is 43.2 Å². The third-order valence-electron chi connectivity index (χ3n) is 3.71. The molecule has 100 valence electrons. The quantitative estimate of drug-likeness (QED) is 0.903. The van der Waals surface area contributed by atoms with Gasteiger partial charge in [0.25, 0.3) is 0 Å². The lowest BCUT2D eigenvalue weighted by atomic mass is 10.1. The largest absolute Gasteiger partial charge is 0.316 e. The standard InChI is InChI=1S/C14H19N5/c1-10-3-4-11(2)13(7-10)9-19-17-14(16-18-19)12-5-6-15-8-12/h3-4,7,12,15H,5-6,8-9H2,1-2H3. The zero-order chi connectivity index (χ0) is 13.2. The van der Waals surface area contributed by atoms with Gasteiger partial charge < -0.3 is 5.32 Å². The van der Waals surface area contributed by atoms with Crippen LogP contribution in [0.1, 0.15) is 34.9 Å². The predicted molar refractivity (Wildman–Crippen MR) is 73.1 cm³/mol. The monoisotopic (exact) mass is 257 g/mol. The minimum atomic E-state index is 0.423. The van der Waals surface area contributed by atoms with Gasteiger partial charge in [-0.15, -0.1) is 10.2 Å². The molecule has 3 rings (SSSR count). The molecule has 0 aliphatic carbocycles. The van der Waals surface area contributed by atoms with Crippen LogP contribution in [0.4, 0.5) is 0 Å². The van der Waals surface area contributed by atoms with E-state index >= 15 is 0 Å². The summed E-state index contributed by atoms with van der Waals surface area (Å²) < 4.78 is 0. The maximum absolute atomic E-state index is 4.51. The van der Waals surface area contributed by atoms with E-state index in [1.165, 1.54) is 16.7 Å². The summed E-state index contributed by atoms with van der Waals surface area (Å²) in [5, 5.41) is 16.2. The molecule has 0 spiro atoms. The lowest BCUT2D eigenvalue weighted by Gasteiger charge is -2.05. The first kappa shape index (κ1) is 12.3. The summed E-state index contributed by atoms with van der Waals surface area (Å²) >= 11 is 0. The molecule has 19 heavy (non-hydrogen) atoms. The van der Waals surface area contributed by atoms with E-state index in [4.69, 9.17) is 0 Å². The van der Waals surface area contributed by atoms with Gasteiger partial charge in [-0.3, -0.25) is 0 Å². The van der Waals surface area contributed by atoms with Crippen LogP contribution in [0.5, 0.6) is 0 Å². The summed E-state index contributed by atoms with van der Waals surface area (Å²) in [5.74, 6) is 1.29. The number of aromatic nitrogens is 4. The van der Waals surface area contributed by atoms with Gasteiger partial charge in [0.2, 0.25) is 0 Å². The van der Waals surface area contributed by atoms with Crippen molar-refractivity contribution in [2.24, 2.45) is 0 Å². The second-order valence-electron chi connectivity index (χ2n) is 5.30. The molecule has 0 amide bonds. The number of benzene rings is 1. The number of nitrogens with zero attached hydrogens (tertiary/aromatic N) is 4. The van der Waals surface area contributed by atoms with Crippen molar-refractivity contribution < 1.29 is 0 Å². The van der Waals surface area contributed by atoms with E-state index in [0.29, 0.717) is 12.5 Å². The topological polar surface area (TPSA) is 55.6 Å². The van der Waals surface area contributed by atoms with Crippen LogP contribution in [0.25, 0.3) is 0 Å². The van der Waals surface area contributed by atoms with Crippen molar-refractivity contribution >= 4 is 0 Å². The average molecular weight is 257 g/mol. The Morgan fingerprint density at radius 1 is 1.37 bits per heavy atom. The molecule has 1 atom stereocenters. The van der Waals surface area contributed by atoms with Gasteiger partial charge in [0, 0.05) is 12.5 Å². The van der Waals surface area contributed by atoms with Crippen molar-refractivity contribution in [2.45, 2.75) is 32.7 Å². The molecule has 5 heteroatoms. The Kier molecular flexibility index (Phi) is 3.29. The Morgan fingerprint density at radius 3 is 3.05 bits per heavy atom. The highest BCUT2D eigenvalue weighted by molar-refractivity contribution is 5.30. The van der Waals surface area contributed by atoms with E-state index in [9.17, 15) is 0 Å². The van der Waals surface area contributed by atoms with Gasteiger partial charge >= 0.3 is 0 Å². The lowest BCUT2D eigenvalue weighted by Crippen LogP contribution is -2.10. The minimum Gasteiger partial charge on any atom is -0.316 e. The number of nitrogens with one attached hydrogen (secondary N) is 1. The predicted octanol–water partition coefficient (Wildman–Crippen LogP) is 1.42. The highest BCUT2D eigenvalue weighted by Gasteiger charge is 2.21. The Hall–Kier alpha value is -1.75. The van der Waals surface area contributed by atoms with Crippen LogP contribution >= 0.6 is 0 Å². The summed E-state index contributed by atoms with van der Waals surface area (Å²) in [6.07, 6.45) is 1.11. The van der Waals surface area contributed by atoms with Gasteiger partial charge in [-0.25, -0.2) is 0 Å². The third kappa shape index (κ3) is 2.66. The van der Waals surface area contributed by atoms with Gasteiger partial charge in [0.05, 0.1) is 6.54 Å². The molecule has 1 aromatic carbocycles. The maximum atomic E-state index is 4.51. The third-order valence-corrected chi connectivity index (χ3v) is 3.71. The Morgan fingerprint density at radius 2 is 2.26 bits per heavy atom. The molecule has 2 aromatic rings. The lowest BCUT2D eigenvalue weighted by molar-refractivity contribution is 0.565. The van der Waals surface area contributed by atoms with Gasteiger partial charge in [0.15, 0.2) is 5.82 Å². The molecule has 2 heterocycles. The van der Waals surface area contributed by atoms with Crippen LogP contribution in [-0.2, 0) is 6.54 Å². The highest BCUT2D eigenvalue weighted by Crippen LogP contribution is 2.18. The summed E-state index contributed by atoms with van der Waals surface area (Å²) in [6, 6.07) is 6.46. The summed E-state index contributed by atoms with van der Waals surface area (Å²) in [7, 11) is 0. The van der Waals surface area contributed by atoms with Gasteiger partial charge in [-0.1, -0.05) is 23.8 Å². The average Bonchev–Trinajstić information content (AvgIpc) is 3.04. The number of hydrogen-bond donors (Lipinski definition) is 1. The van der Waals surface area contributed by atoms with Crippen molar-refractivity contribution in [1.82, 2.24) is 25.5 Å². The number of tetrazole rings is 1. The normalized spacial score (nSPS) is 18.9. The summed E-state index contributed by atoms with van der Waals surface area (Å²) in [4.78, 5) is 1.70. The Bertz CT molecular complexity index is 569. The summed E-state index contributed by atoms with van der Waals surface area (Å²) in [5.41, 5.74) is 3.79. The molecule has 1 N–H and O–H groups in total. The van der Waals surface area contributed by atoms with E-state index in [2.05, 4.69) is 52.8 Å². The van der Waals surface area contributed by atoms with Crippen molar-refractivity contribution in [3.05, 3.63) is 40.7 Å². The molecule has 1 saturated heterocycles. The second-order valence-corrected chi connectivity index (χ2v) is 5.30.